The number of carbonyl (C=O) groups is 2. The van der Waals surface area contributed by atoms with Crippen LogP contribution in [-0.2, 0) is 11.3 Å². The van der Waals surface area contributed by atoms with Crippen LogP contribution in [0.1, 0.15) is 44.8 Å². The van der Waals surface area contributed by atoms with Crippen LogP contribution in [-0.4, -0.2) is 47.2 Å². The Kier molecular flexibility index (Phi) is 16.5. The van der Waals surface area contributed by atoms with Gasteiger partial charge in [0.1, 0.15) is 12.3 Å². The molecule has 3 N–H and O–H groups in total. The van der Waals surface area contributed by atoms with E-state index in [-0.39, 0.29) is 17.9 Å². The van der Waals surface area contributed by atoms with Crippen molar-refractivity contribution in [2.75, 3.05) is 19.5 Å². The van der Waals surface area contributed by atoms with Gasteiger partial charge in [-0.25, -0.2) is 10.1 Å². The van der Waals surface area contributed by atoms with Crippen LogP contribution in [0.3, 0.4) is 0 Å². The van der Waals surface area contributed by atoms with Crippen LogP contribution in [0.4, 0.5) is 5.69 Å². The van der Waals surface area contributed by atoms with Gasteiger partial charge in [-0.1, -0.05) is 66.7 Å². The van der Waals surface area contributed by atoms with Crippen LogP contribution in [0.15, 0.2) is 163 Å². The van der Waals surface area contributed by atoms with Gasteiger partial charge < -0.3 is 11.1 Å². The largest absolute Gasteiger partial charge is 0.324 e. The molecule has 1 aliphatic heterocycles. The van der Waals surface area contributed by atoms with E-state index < -0.39 is 0 Å². The molecule has 5 aromatic rings. The van der Waals surface area contributed by atoms with E-state index in [1.54, 1.807) is 80.6 Å². The number of pyridine rings is 2. The first-order valence-electron chi connectivity index (χ1n) is 15.5. The third-order valence-electron chi connectivity index (χ3n) is 6.76. The van der Waals surface area contributed by atoms with Gasteiger partial charge in [0.15, 0.2) is 11.8 Å². The Hall–Kier alpha value is -6.12. The van der Waals surface area contributed by atoms with Gasteiger partial charge in [-0.2, -0.15) is 0 Å². The van der Waals surface area contributed by atoms with Crippen molar-refractivity contribution < 1.29 is 14.4 Å². The monoisotopic (exact) mass is 653 g/mol. The molecule has 2 amide bonds. The third-order valence-corrected chi connectivity index (χ3v) is 6.76. The molecule has 0 aliphatic carbocycles. The van der Waals surface area contributed by atoms with E-state index in [1.807, 2.05) is 79.7 Å². The molecule has 1 atom stereocenters. The highest BCUT2D eigenvalue weighted by atomic mass is 16.7. The summed E-state index contributed by atoms with van der Waals surface area (Å²) in [5, 5.41) is 3.97. The normalized spacial score (nSPS) is 11.3. The maximum atomic E-state index is 11.7. The van der Waals surface area contributed by atoms with Crippen LogP contribution in [0.2, 0.25) is 0 Å². The predicted molar refractivity (Wildman–Crippen MR) is 196 cm³/mol. The number of hydrogen-bond donors (Lipinski definition) is 2. The first-order valence-corrected chi connectivity index (χ1v) is 15.5. The van der Waals surface area contributed by atoms with Gasteiger partial charge in [-0.3, -0.25) is 24.4 Å². The molecule has 0 saturated carbocycles. The second-order valence-corrected chi connectivity index (χ2v) is 10.4. The van der Waals surface area contributed by atoms with Crippen LogP contribution in [0, 0.1) is 6.08 Å². The molecule has 0 radical (unpaired) electrons. The van der Waals surface area contributed by atoms with E-state index in [9.17, 15) is 9.59 Å². The van der Waals surface area contributed by atoms with Gasteiger partial charge in [0.25, 0.3) is 11.8 Å². The van der Waals surface area contributed by atoms with E-state index in [4.69, 9.17) is 10.6 Å². The van der Waals surface area contributed by atoms with E-state index in [0.717, 1.165) is 17.7 Å². The molecule has 0 saturated heterocycles. The topological polar surface area (TPSA) is 123 Å². The maximum Gasteiger partial charge on any atom is 0.277 e. The lowest BCUT2D eigenvalue weighted by Gasteiger charge is -2.12. The van der Waals surface area contributed by atoms with Crippen LogP contribution < -0.4 is 11.1 Å². The summed E-state index contributed by atoms with van der Waals surface area (Å²) < 4.78 is 0. The van der Waals surface area contributed by atoms with Gasteiger partial charge in [-0.05, 0) is 66.1 Å². The fourth-order valence-corrected chi connectivity index (χ4v) is 4.05. The lowest BCUT2D eigenvalue weighted by atomic mass is 10.0. The summed E-state index contributed by atoms with van der Waals surface area (Å²) in [5.74, 6) is -0.250. The van der Waals surface area contributed by atoms with Gasteiger partial charge >= 0.3 is 0 Å². The number of hydroxylamine groups is 2. The van der Waals surface area contributed by atoms with Crippen LogP contribution in [0.5, 0.6) is 0 Å². The Bertz CT molecular complexity index is 1750. The Morgan fingerprint density at radius 3 is 1.82 bits per heavy atom. The fourth-order valence-electron chi connectivity index (χ4n) is 4.05. The van der Waals surface area contributed by atoms with Gasteiger partial charge in [-0.15, -0.1) is 0 Å². The standard InChI is InChI=1S/C13H14N2.C12H10N2O.C9H11NO2.C6H6N/c14-13(12-4-2-1-3-5-12)10-11-6-8-15-9-7-11;15-12(10-4-2-1-3-5-10)14-11-6-8-13-9-7-11;1-10(12-2)9(11)8-6-4-3-5-7-8;1-6-2-4-7-5-3-6/h1-9,13H,10,14H2;1-9H,(H,13,14,15);3-7H,1-2H3;2,4-5H,1H3/q;;;+1. The molecule has 0 spiro atoms. The number of benzene rings is 3. The average molecular weight is 654 g/mol. The van der Waals surface area contributed by atoms with E-state index >= 15 is 0 Å². The Morgan fingerprint density at radius 1 is 0.796 bits per heavy atom. The highest BCUT2D eigenvalue weighted by molar-refractivity contribution is 6.04. The number of aliphatic imine (C=N–C) groups is 1. The zero-order valence-electron chi connectivity index (χ0n) is 27.9. The first kappa shape index (κ1) is 37.3. The number of nitrogens with one attached hydrogen (secondary N) is 1. The van der Waals surface area contributed by atoms with Crippen molar-refractivity contribution in [3.63, 3.8) is 0 Å². The molecule has 49 heavy (non-hydrogen) atoms. The molecule has 3 aromatic carbocycles. The number of nitrogens with zero attached hydrogens (tertiary/aromatic N) is 4. The number of carbonyl (C=O) groups excluding carboxylic acids is 2. The SMILES string of the molecule is CC1=[C+]C=NC=C1.CON(C)C(=O)c1ccccc1.NC(Cc1ccncc1)c1ccccc1.O=C(Nc1ccncc1)c1ccccc1. The molecule has 1 aliphatic rings. The highest BCUT2D eigenvalue weighted by Gasteiger charge is 2.09. The lowest BCUT2D eigenvalue weighted by Crippen LogP contribution is -2.25. The molecular weight excluding hydrogens is 612 g/mol. The number of allylic oxidation sites excluding steroid dienone is 3. The summed E-state index contributed by atoms with van der Waals surface area (Å²) in [4.78, 5) is 39.5. The van der Waals surface area contributed by atoms with Crippen molar-refractivity contribution in [1.29, 1.82) is 0 Å². The van der Waals surface area contributed by atoms with Crippen molar-refractivity contribution in [2.45, 2.75) is 19.4 Å². The van der Waals surface area contributed by atoms with Crippen molar-refractivity contribution in [3.8, 4) is 0 Å². The summed E-state index contributed by atoms with van der Waals surface area (Å²) in [6, 6.07) is 35.8. The minimum absolute atomic E-state index is 0.0635. The number of rotatable bonds is 7. The molecule has 2 aromatic heterocycles. The van der Waals surface area contributed by atoms with Crippen molar-refractivity contribution >= 4 is 23.7 Å². The van der Waals surface area contributed by atoms with Gasteiger partial charge in [0, 0.05) is 61.6 Å². The quantitative estimate of drug-likeness (QED) is 0.140. The maximum absolute atomic E-state index is 11.7. The van der Waals surface area contributed by atoms with Gasteiger partial charge in [0.2, 0.25) is 0 Å². The van der Waals surface area contributed by atoms with Gasteiger partial charge in [0.05, 0.1) is 13.2 Å². The molecule has 3 heterocycles. The molecule has 248 valence electrons. The molecule has 0 fully saturated rings. The van der Waals surface area contributed by atoms with Crippen molar-refractivity contribution in [2.24, 2.45) is 10.7 Å². The van der Waals surface area contributed by atoms with E-state index in [0.29, 0.717) is 11.1 Å². The second kappa shape index (κ2) is 21.6. The minimum Gasteiger partial charge on any atom is -0.324 e. The second-order valence-electron chi connectivity index (χ2n) is 10.4. The summed E-state index contributed by atoms with van der Waals surface area (Å²) in [5.41, 5.74) is 11.7. The molecule has 9 heteroatoms. The number of amides is 2. The average Bonchev–Trinajstić information content (AvgIpc) is 3.17. The Morgan fingerprint density at radius 2 is 1.33 bits per heavy atom. The summed E-state index contributed by atoms with van der Waals surface area (Å²) in [7, 11) is 3.04. The predicted octanol–water partition coefficient (Wildman–Crippen LogP) is 7.31. The third kappa shape index (κ3) is 14.5. The zero-order chi connectivity index (χ0) is 35.1. The van der Waals surface area contributed by atoms with E-state index in [1.165, 1.54) is 23.3 Å². The number of nitrogens with two attached hydrogens (primary N) is 1. The molecule has 0 bridgehead atoms. The molecule has 9 nitrogen and oxygen atoms in total. The number of anilines is 1. The fraction of sp³-hybridized carbons (Fsp3) is 0.125. The molecular formula is C40H41N6O3+. The summed E-state index contributed by atoms with van der Waals surface area (Å²) in [6.07, 6.45) is 16.0. The number of hydrogen-bond acceptors (Lipinski definition) is 7. The molecule has 1 unspecified atom stereocenters. The van der Waals surface area contributed by atoms with Crippen molar-refractivity contribution in [3.05, 3.63) is 186 Å². The van der Waals surface area contributed by atoms with E-state index in [2.05, 4.69) is 38.5 Å². The van der Waals surface area contributed by atoms with Crippen LogP contribution >= 0.6 is 0 Å². The highest BCUT2D eigenvalue weighted by Crippen LogP contribution is 2.15. The Labute approximate surface area is 288 Å². The lowest BCUT2D eigenvalue weighted by molar-refractivity contribution is -0.0756. The summed E-state index contributed by atoms with van der Waals surface area (Å²) >= 11 is 0. The first-order chi connectivity index (χ1) is 23.9. The summed E-state index contributed by atoms with van der Waals surface area (Å²) in [6.45, 7) is 1.99. The zero-order valence-corrected chi connectivity index (χ0v) is 27.9. The number of aromatic nitrogens is 2. The smallest absolute Gasteiger partial charge is 0.277 e. The Balaban J connectivity index is 0.000000183. The van der Waals surface area contributed by atoms with Crippen LogP contribution in [0.25, 0.3) is 0 Å². The minimum atomic E-state index is -0.141. The van der Waals surface area contributed by atoms with Crippen molar-refractivity contribution in [1.82, 2.24) is 15.0 Å². The molecule has 6 rings (SSSR count).